The molecule has 1 aliphatic rings. The van der Waals surface area contributed by atoms with Gasteiger partial charge in [0.15, 0.2) is 0 Å². The predicted molar refractivity (Wildman–Crippen MR) is 96.7 cm³/mol. The van der Waals surface area contributed by atoms with Crippen molar-refractivity contribution in [2.45, 2.75) is 31.9 Å². The molecule has 0 spiro atoms. The lowest BCUT2D eigenvalue weighted by Crippen LogP contribution is -2.45. The molecule has 1 heterocycles. The Balaban J connectivity index is 2.06. The first-order chi connectivity index (χ1) is 11.3. The van der Waals surface area contributed by atoms with Crippen LogP contribution in [0, 0.1) is 5.92 Å². The summed E-state index contributed by atoms with van der Waals surface area (Å²) in [6, 6.07) is 4.78. The summed E-state index contributed by atoms with van der Waals surface area (Å²) in [7, 11) is -3.53. The van der Waals surface area contributed by atoms with E-state index in [9.17, 15) is 13.2 Å². The molecular weight excluding hydrogens is 371 g/mol. The molecule has 1 N–H and O–H groups in total. The number of amides is 1. The van der Waals surface area contributed by atoms with Crippen LogP contribution in [0.5, 0.6) is 0 Å². The predicted octanol–water partition coefficient (Wildman–Crippen LogP) is 3.06. The van der Waals surface area contributed by atoms with Crippen LogP contribution in [0.2, 0.25) is 10.0 Å². The SMILES string of the molecule is CCCNC(=O)[C@H]1CCCN(S(=O)(=O)Cc2ccc(Cl)cc2Cl)C1. The third kappa shape index (κ3) is 5.09. The van der Waals surface area contributed by atoms with E-state index >= 15 is 0 Å². The number of nitrogens with zero attached hydrogens (tertiary/aromatic N) is 1. The molecule has 0 bridgehead atoms. The number of hydrogen-bond acceptors (Lipinski definition) is 3. The fourth-order valence-electron chi connectivity index (χ4n) is 2.73. The molecule has 1 fully saturated rings. The van der Waals surface area contributed by atoms with Gasteiger partial charge < -0.3 is 5.32 Å². The number of sulfonamides is 1. The number of carbonyl (C=O) groups is 1. The van der Waals surface area contributed by atoms with E-state index in [-0.39, 0.29) is 24.1 Å². The number of nitrogens with one attached hydrogen (secondary N) is 1. The van der Waals surface area contributed by atoms with Crippen LogP contribution in [0.15, 0.2) is 18.2 Å². The molecule has 1 amide bonds. The zero-order valence-electron chi connectivity index (χ0n) is 13.6. The molecule has 0 radical (unpaired) electrons. The van der Waals surface area contributed by atoms with Crippen molar-refractivity contribution < 1.29 is 13.2 Å². The number of hydrogen-bond donors (Lipinski definition) is 1. The van der Waals surface area contributed by atoms with Crippen molar-refractivity contribution in [1.82, 2.24) is 9.62 Å². The summed E-state index contributed by atoms with van der Waals surface area (Å²) in [6.07, 6.45) is 2.25. The van der Waals surface area contributed by atoms with Crippen LogP contribution < -0.4 is 5.32 Å². The van der Waals surface area contributed by atoms with Gasteiger partial charge >= 0.3 is 0 Å². The van der Waals surface area contributed by atoms with Gasteiger partial charge in [0.2, 0.25) is 15.9 Å². The number of halogens is 2. The standard InChI is InChI=1S/C16H22Cl2N2O3S/c1-2-7-19-16(21)12-4-3-8-20(10-12)24(22,23)11-13-5-6-14(17)9-15(13)18/h5-6,9,12H,2-4,7-8,10-11H2,1H3,(H,19,21)/t12-/m0/s1. The monoisotopic (exact) mass is 392 g/mol. The highest BCUT2D eigenvalue weighted by molar-refractivity contribution is 7.88. The van der Waals surface area contributed by atoms with E-state index in [1.807, 2.05) is 6.92 Å². The van der Waals surface area contributed by atoms with E-state index < -0.39 is 10.0 Å². The first-order valence-electron chi connectivity index (χ1n) is 8.03. The summed E-state index contributed by atoms with van der Waals surface area (Å²) in [5.74, 6) is -0.547. The van der Waals surface area contributed by atoms with Gasteiger partial charge in [-0.1, -0.05) is 36.2 Å². The maximum absolute atomic E-state index is 12.7. The molecule has 0 aromatic heterocycles. The fourth-order valence-corrected chi connectivity index (χ4v) is 4.92. The average molecular weight is 393 g/mol. The van der Waals surface area contributed by atoms with E-state index in [0.29, 0.717) is 41.5 Å². The maximum Gasteiger partial charge on any atom is 0.224 e. The van der Waals surface area contributed by atoms with Gasteiger partial charge in [-0.25, -0.2) is 12.7 Å². The van der Waals surface area contributed by atoms with Gasteiger partial charge in [0.05, 0.1) is 11.7 Å². The molecule has 5 nitrogen and oxygen atoms in total. The lowest BCUT2D eigenvalue weighted by Gasteiger charge is -2.31. The Kier molecular flexibility index (Phi) is 6.92. The third-order valence-electron chi connectivity index (χ3n) is 4.05. The summed E-state index contributed by atoms with van der Waals surface area (Å²) < 4.78 is 26.8. The first-order valence-corrected chi connectivity index (χ1v) is 10.4. The largest absolute Gasteiger partial charge is 0.356 e. The number of rotatable bonds is 6. The van der Waals surface area contributed by atoms with Gasteiger partial charge in [-0.05, 0) is 37.0 Å². The van der Waals surface area contributed by atoms with Crippen molar-refractivity contribution in [3.8, 4) is 0 Å². The Hall–Kier alpha value is -0.820. The second-order valence-electron chi connectivity index (χ2n) is 5.98. The van der Waals surface area contributed by atoms with Gasteiger partial charge in [-0.3, -0.25) is 4.79 Å². The Morgan fingerprint density at radius 1 is 1.38 bits per heavy atom. The highest BCUT2D eigenvalue weighted by Gasteiger charge is 2.32. The van der Waals surface area contributed by atoms with Gasteiger partial charge in [0.1, 0.15) is 0 Å². The molecule has 1 atom stereocenters. The Morgan fingerprint density at radius 2 is 2.12 bits per heavy atom. The summed E-state index contributed by atoms with van der Waals surface area (Å²) >= 11 is 11.9. The molecule has 0 unspecified atom stereocenters. The van der Waals surface area contributed by atoms with Crippen molar-refractivity contribution in [3.05, 3.63) is 33.8 Å². The molecule has 2 rings (SSSR count). The molecule has 134 valence electrons. The van der Waals surface area contributed by atoms with E-state index in [1.54, 1.807) is 12.1 Å². The van der Waals surface area contributed by atoms with Crippen LogP contribution in [-0.2, 0) is 20.6 Å². The second-order valence-corrected chi connectivity index (χ2v) is 8.79. The van der Waals surface area contributed by atoms with E-state index in [0.717, 1.165) is 6.42 Å². The van der Waals surface area contributed by atoms with Gasteiger partial charge in [0, 0.05) is 29.7 Å². The van der Waals surface area contributed by atoms with E-state index in [1.165, 1.54) is 10.4 Å². The van der Waals surface area contributed by atoms with Crippen LogP contribution in [0.1, 0.15) is 31.7 Å². The lowest BCUT2D eigenvalue weighted by molar-refractivity contribution is -0.126. The zero-order valence-corrected chi connectivity index (χ0v) is 15.9. The van der Waals surface area contributed by atoms with Crippen LogP contribution in [-0.4, -0.2) is 38.3 Å². The molecule has 1 saturated heterocycles. The Labute approximate surface area is 153 Å². The van der Waals surface area contributed by atoms with Gasteiger partial charge in [-0.2, -0.15) is 0 Å². The number of piperidine rings is 1. The van der Waals surface area contributed by atoms with Crippen molar-refractivity contribution in [3.63, 3.8) is 0 Å². The molecule has 1 aromatic carbocycles. The fraction of sp³-hybridized carbons (Fsp3) is 0.562. The Morgan fingerprint density at radius 3 is 2.79 bits per heavy atom. The molecule has 1 aromatic rings. The molecule has 0 saturated carbocycles. The normalized spacial score (nSPS) is 19.2. The van der Waals surface area contributed by atoms with Gasteiger partial charge in [-0.15, -0.1) is 0 Å². The zero-order chi connectivity index (χ0) is 17.7. The molecular formula is C16H22Cl2N2O3S. The lowest BCUT2D eigenvalue weighted by atomic mass is 9.99. The third-order valence-corrected chi connectivity index (χ3v) is 6.43. The molecule has 0 aliphatic carbocycles. The highest BCUT2D eigenvalue weighted by atomic mass is 35.5. The van der Waals surface area contributed by atoms with Crippen LogP contribution in [0.25, 0.3) is 0 Å². The highest BCUT2D eigenvalue weighted by Crippen LogP contribution is 2.26. The average Bonchev–Trinajstić information content (AvgIpc) is 2.55. The minimum atomic E-state index is -3.53. The first kappa shape index (κ1) is 19.5. The number of carbonyl (C=O) groups excluding carboxylic acids is 1. The van der Waals surface area contributed by atoms with Crippen molar-refractivity contribution in [1.29, 1.82) is 0 Å². The van der Waals surface area contributed by atoms with Crippen molar-refractivity contribution in [2.75, 3.05) is 19.6 Å². The second kappa shape index (κ2) is 8.52. The van der Waals surface area contributed by atoms with E-state index in [4.69, 9.17) is 23.2 Å². The smallest absolute Gasteiger partial charge is 0.224 e. The quantitative estimate of drug-likeness (QED) is 0.808. The minimum absolute atomic E-state index is 0.0683. The summed E-state index contributed by atoms with van der Waals surface area (Å²) in [5, 5.41) is 3.64. The summed E-state index contributed by atoms with van der Waals surface area (Å²) in [4.78, 5) is 12.1. The molecule has 1 aliphatic heterocycles. The van der Waals surface area contributed by atoms with Crippen molar-refractivity contribution in [2.24, 2.45) is 5.92 Å². The maximum atomic E-state index is 12.7. The summed E-state index contributed by atoms with van der Waals surface area (Å²) in [5.41, 5.74) is 0.513. The minimum Gasteiger partial charge on any atom is -0.356 e. The Bertz CT molecular complexity index is 695. The van der Waals surface area contributed by atoms with E-state index in [2.05, 4.69) is 5.32 Å². The number of benzene rings is 1. The topological polar surface area (TPSA) is 66.5 Å². The van der Waals surface area contributed by atoms with Crippen LogP contribution in [0.3, 0.4) is 0 Å². The van der Waals surface area contributed by atoms with Crippen LogP contribution in [0.4, 0.5) is 0 Å². The molecule has 24 heavy (non-hydrogen) atoms. The molecule has 8 heteroatoms. The van der Waals surface area contributed by atoms with Crippen molar-refractivity contribution >= 4 is 39.1 Å². The van der Waals surface area contributed by atoms with Gasteiger partial charge in [0.25, 0.3) is 0 Å². The van der Waals surface area contributed by atoms with Crippen LogP contribution >= 0.6 is 23.2 Å². The summed E-state index contributed by atoms with van der Waals surface area (Å²) in [6.45, 7) is 3.25.